The lowest BCUT2D eigenvalue weighted by molar-refractivity contribution is -0.201. The number of halogens is 3. The van der Waals surface area contributed by atoms with Gasteiger partial charge in [0.05, 0.1) is 6.54 Å². The average molecular weight is 240 g/mol. The van der Waals surface area contributed by atoms with Gasteiger partial charge in [0, 0.05) is 13.1 Å². The van der Waals surface area contributed by atoms with Gasteiger partial charge in [0.15, 0.2) is 6.10 Å². The van der Waals surface area contributed by atoms with Gasteiger partial charge in [-0.1, -0.05) is 0 Å². The summed E-state index contributed by atoms with van der Waals surface area (Å²) < 4.78 is 35.5. The number of hydrogen-bond acceptors (Lipinski definition) is 3. The maximum absolute atomic E-state index is 11.8. The Balaban J connectivity index is 2.02. The van der Waals surface area contributed by atoms with Crippen molar-refractivity contribution in [1.29, 1.82) is 0 Å². The molecule has 0 bridgehead atoms. The number of carbonyl (C=O) groups excluding carboxylic acids is 1. The van der Waals surface area contributed by atoms with Crippen LogP contribution in [0.25, 0.3) is 0 Å². The lowest BCUT2D eigenvalue weighted by atomic mass is 10.3. The van der Waals surface area contributed by atoms with E-state index in [0.717, 1.165) is 12.8 Å². The van der Waals surface area contributed by atoms with E-state index in [1.165, 1.54) is 0 Å². The largest absolute Gasteiger partial charge is 0.415 e. The number of alkyl halides is 3. The monoisotopic (exact) mass is 240 g/mol. The Morgan fingerprint density at radius 1 is 1.44 bits per heavy atom. The maximum Gasteiger partial charge on any atom is 0.415 e. The molecule has 1 saturated carbocycles. The molecule has 1 fully saturated rings. The summed E-state index contributed by atoms with van der Waals surface area (Å²) in [7, 11) is 0. The molecule has 1 aliphatic rings. The van der Waals surface area contributed by atoms with Crippen LogP contribution in [0.15, 0.2) is 0 Å². The van der Waals surface area contributed by atoms with E-state index in [1.54, 1.807) is 0 Å². The highest BCUT2D eigenvalue weighted by Crippen LogP contribution is 2.27. The van der Waals surface area contributed by atoms with Crippen molar-refractivity contribution in [2.75, 3.05) is 19.6 Å². The smallest absolute Gasteiger partial charge is 0.382 e. The Morgan fingerprint density at radius 3 is 2.56 bits per heavy atom. The number of carbonyl (C=O) groups is 1. The quantitative estimate of drug-likeness (QED) is 0.613. The number of rotatable bonds is 6. The summed E-state index contributed by atoms with van der Waals surface area (Å²) in [6, 6.07) is 0. The highest BCUT2D eigenvalue weighted by atomic mass is 19.4. The van der Waals surface area contributed by atoms with E-state index in [0.29, 0.717) is 12.5 Å². The Morgan fingerprint density at radius 2 is 2.06 bits per heavy atom. The van der Waals surface area contributed by atoms with Crippen molar-refractivity contribution < 1.29 is 23.1 Å². The fourth-order valence-corrected chi connectivity index (χ4v) is 1.08. The molecule has 1 atom stereocenters. The zero-order chi connectivity index (χ0) is 12.2. The summed E-state index contributed by atoms with van der Waals surface area (Å²) >= 11 is 0. The zero-order valence-electron chi connectivity index (χ0n) is 8.68. The Labute approximate surface area is 91.2 Å². The second-order valence-corrected chi connectivity index (χ2v) is 3.94. The van der Waals surface area contributed by atoms with Crippen LogP contribution in [-0.4, -0.2) is 42.9 Å². The van der Waals surface area contributed by atoms with Crippen LogP contribution in [0.1, 0.15) is 12.8 Å². The Bertz CT molecular complexity index is 241. The van der Waals surface area contributed by atoms with E-state index in [2.05, 4.69) is 10.6 Å². The van der Waals surface area contributed by atoms with Gasteiger partial charge < -0.3 is 15.7 Å². The van der Waals surface area contributed by atoms with Crippen molar-refractivity contribution in [3.63, 3.8) is 0 Å². The van der Waals surface area contributed by atoms with Crippen molar-refractivity contribution in [2.45, 2.75) is 25.1 Å². The molecule has 1 unspecified atom stereocenters. The number of nitrogens with one attached hydrogen (secondary N) is 2. The highest BCUT2D eigenvalue weighted by Gasteiger charge is 2.37. The average Bonchev–Trinajstić information content (AvgIpc) is 2.96. The lowest BCUT2D eigenvalue weighted by Crippen LogP contribution is -2.42. The third kappa shape index (κ3) is 5.32. The second kappa shape index (κ2) is 5.49. The highest BCUT2D eigenvalue weighted by molar-refractivity contribution is 5.77. The molecule has 1 amide bonds. The third-order valence-corrected chi connectivity index (χ3v) is 2.29. The van der Waals surface area contributed by atoms with Crippen LogP contribution >= 0.6 is 0 Å². The molecule has 0 heterocycles. The minimum Gasteiger partial charge on any atom is -0.382 e. The van der Waals surface area contributed by atoms with Crippen molar-refractivity contribution in [3.8, 4) is 0 Å². The number of amides is 1. The van der Waals surface area contributed by atoms with Crippen LogP contribution < -0.4 is 10.6 Å². The van der Waals surface area contributed by atoms with Gasteiger partial charge in [-0.2, -0.15) is 13.2 Å². The SMILES string of the molecule is O=C(CNCC(O)C(F)(F)F)NCC1CC1. The van der Waals surface area contributed by atoms with Gasteiger partial charge in [0.25, 0.3) is 0 Å². The summed E-state index contributed by atoms with van der Waals surface area (Å²) in [6.45, 7) is -0.289. The van der Waals surface area contributed by atoms with Crippen LogP contribution in [-0.2, 0) is 4.79 Å². The molecular formula is C9H15F3N2O2. The van der Waals surface area contributed by atoms with E-state index in [4.69, 9.17) is 5.11 Å². The van der Waals surface area contributed by atoms with E-state index in [1.807, 2.05) is 0 Å². The van der Waals surface area contributed by atoms with E-state index in [-0.39, 0.29) is 12.5 Å². The molecule has 1 aliphatic carbocycles. The van der Waals surface area contributed by atoms with E-state index in [9.17, 15) is 18.0 Å². The summed E-state index contributed by atoms with van der Waals surface area (Å²) in [4.78, 5) is 11.1. The first kappa shape index (κ1) is 13.2. The molecule has 3 N–H and O–H groups in total. The van der Waals surface area contributed by atoms with Crippen LogP contribution in [0.4, 0.5) is 13.2 Å². The summed E-state index contributed by atoms with van der Waals surface area (Å²) in [5.41, 5.74) is 0. The molecule has 0 saturated heterocycles. The molecule has 0 aliphatic heterocycles. The first-order valence-electron chi connectivity index (χ1n) is 5.12. The Hall–Kier alpha value is -0.820. The molecule has 0 radical (unpaired) electrons. The van der Waals surface area contributed by atoms with Gasteiger partial charge in [-0.25, -0.2) is 0 Å². The molecule has 0 spiro atoms. The van der Waals surface area contributed by atoms with Crippen LogP contribution in [0.3, 0.4) is 0 Å². The topological polar surface area (TPSA) is 61.4 Å². The Kier molecular flexibility index (Phi) is 4.55. The summed E-state index contributed by atoms with van der Waals surface area (Å²) in [5, 5.41) is 13.5. The number of hydrogen-bond donors (Lipinski definition) is 3. The fourth-order valence-electron chi connectivity index (χ4n) is 1.08. The molecule has 1 rings (SSSR count). The van der Waals surface area contributed by atoms with Gasteiger partial charge in [-0.15, -0.1) is 0 Å². The van der Waals surface area contributed by atoms with Gasteiger partial charge in [-0.3, -0.25) is 4.79 Å². The van der Waals surface area contributed by atoms with Gasteiger partial charge in [0.1, 0.15) is 0 Å². The normalized spacial score (nSPS) is 18.2. The zero-order valence-corrected chi connectivity index (χ0v) is 8.68. The molecule has 7 heteroatoms. The minimum atomic E-state index is -4.64. The number of aliphatic hydroxyl groups is 1. The minimum absolute atomic E-state index is 0.208. The molecule has 0 aromatic rings. The van der Waals surface area contributed by atoms with Gasteiger partial charge in [0.2, 0.25) is 5.91 Å². The van der Waals surface area contributed by atoms with Crippen molar-refractivity contribution >= 4 is 5.91 Å². The van der Waals surface area contributed by atoms with E-state index < -0.39 is 18.8 Å². The summed E-state index contributed by atoms with van der Waals surface area (Å²) in [6.07, 6.45) is -4.87. The molecule has 0 aromatic heterocycles. The van der Waals surface area contributed by atoms with Crippen LogP contribution in [0.2, 0.25) is 0 Å². The summed E-state index contributed by atoms with van der Waals surface area (Å²) in [5.74, 6) is 0.186. The first-order chi connectivity index (χ1) is 7.39. The number of aliphatic hydroxyl groups excluding tert-OH is 1. The lowest BCUT2D eigenvalue weighted by Gasteiger charge is -2.14. The molecule has 4 nitrogen and oxygen atoms in total. The van der Waals surface area contributed by atoms with Crippen LogP contribution in [0, 0.1) is 5.92 Å². The van der Waals surface area contributed by atoms with Crippen molar-refractivity contribution in [3.05, 3.63) is 0 Å². The molecule has 94 valence electrons. The van der Waals surface area contributed by atoms with E-state index >= 15 is 0 Å². The first-order valence-corrected chi connectivity index (χ1v) is 5.12. The van der Waals surface area contributed by atoms with Gasteiger partial charge >= 0.3 is 6.18 Å². The fraction of sp³-hybridized carbons (Fsp3) is 0.889. The predicted octanol–water partition coefficient (Wildman–Crippen LogP) is 0.0254. The molecule has 16 heavy (non-hydrogen) atoms. The standard InChI is InChI=1S/C9H15F3N2O2/c10-9(11,12)7(15)4-13-5-8(16)14-3-6-1-2-6/h6-7,13,15H,1-5H2,(H,14,16). The van der Waals surface area contributed by atoms with Crippen molar-refractivity contribution in [2.24, 2.45) is 5.92 Å². The third-order valence-electron chi connectivity index (χ3n) is 2.29. The van der Waals surface area contributed by atoms with Gasteiger partial charge in [-0.05, 0) is 18.8 Å². The predicted molar refractivity (Wildman–Crippen MR) is 50.7 cm³/mol. The second-order valence-electron chi connectivity index (χ2n) is 3.94. The maximum atomic E-state index is 11.8. The molecular weight excluding hydrogens is 225 g/mol. The van der Waals surface area contributed by atoms with Crippen molar-refractivity contribution in [1.82, 2.24) is 10.6 Å². The van der Waals surface area contributed by atoms with Crippen LogP contribution in [0.5, 0.6) is 0 Å². The molecule has 0 aromatic carbocycles.